The van der Waals surface area contributed by atoms with Crippen LogP contribution in [0.4, 0.5) is 0 Å². The van der Waals surface area contributed by atoms with Crippen molar-refractivity contribution in [3.63, 3.8) is 0 Å². The second-order valence-electron chi connectivity index (χ2n) is 6.17. The SMILES string of the molecule is COc1ccc(OC)c(CNC(=O)CCCc2c[nH]c3ccccc23)c1. The Morgan fingerprint density at radius 3 is 2.73 bits per heavy atom. The number of rotatable bonds is 8. The van der Waals surface area contributed by atoms with Crippen molar-refractivity contribution in [1.29, 1.82) is 0 Å². The highest BCUT2D eigenvalue weighted by atomic mass is 16.5. The zero-order chi connectivity index (χ0) is 18.4. The molecular formula is C21H24N2O3. The van der Waals surface area contributed by atoms with E-state index in [4.69, 9.17) is 9.47 Å². The topological polar surface area (TPSA) is 63.4 Å². The molecular weight excluding hydrogens is 328 g/mol. The smallest absolute Gasteiger partial charge is 0.220 e. The van der Waals surface area contributed by atoms with Crippen molar-refractivity contribution in [3.05, 3.63) is 59.8 Å². The van der Waals surface area contributed by atoms with Gasteiger partial charge in [0.1, 0.15) is 11.5 Å². The molecule has 2 aromatic carbocycles. The fraction of sp³-hybridized carbons (Fsp3) is 0.286. The van der Waals surface area contributed by atoms with Crippen LogP contribution in [0, 0.1) is 0 Å². The number of carbonyl (C=O) groups excluding carboxylic acids is 1. The molecule has 0 saturated heterocycles. The van der Waals surface area contributed by atoms with Crippen LogP contribution >= 0.6 is 0 Å². The lowest BCUT2D eigenvalue weighted by molar-refractivity contribution is -0.121. The van der Waals surface area contributed by atoms with Crippen molar-refractivity contribution >= 4 is 16.8 Å². The molecule has 0 aliphatic carbocycles. The van der Waals surface area contributed by atoms with Crippen molar-refractivity contribution in [3.8, 4) is 11.5 Å². The van der Waals surface area contributed by atoms with Crippen molar-refractivity contribution in [2.75, 3.05) is 14.2 Å². The van der Waals surface area contributed by atoms with Gasteiger partial charge < -0.3 is 19.8 Å². The molecule has 1 heterocycles. The van der Waals surface area contributed by atoms with Crippen LogP contribution in [0.2, 0.25) is 0 Å². The van der Waals surface area contributed by atoms with E-state index in [0.717, 1.165) is 35.4 Å². The summed E-state index contributed by atoms with van der Waals surface area (Å²) in [6, 6.07) is 13.8. The Morgan fingerprint density at radius 1 is 1.08 bits per heavy atom. The minimum absolute atomic E-state index is 0.0368. The highest BCUT2D eigenvalue weighted by Gasteiger charge is 2.08. The average Bonchev–Trinajstić information content (AvgIpc) is 3.09. The summed E-state index contributed by atoms with van der Waals surface area (Å²) in [4.78, 5) is 15.4. The number of nitrogens with one attached hydrogen (secondary N) is 2. The molecule has 3 aromatic rings. The number of aromatic nitrogens is 1. The van der Waals surface area contributed by atoms with E-state index < -0.39 is 0 Å². The number of hydrogen-bond acceptors (Lipinski definition) is 3. The quantitative estimate of drug-likeness (QED) is 0.648. The fourth-order valence-corrected chi connectivity index (χ4v) is 3.08. The van der Waals surface area contributed by atoms with E-state index in [1.54, 1.807) is 14.2 Å². The molecule has 0 saturated carbocycles. The minimum atomic E-state index is 0.0368. The first-order chi connectivity index (χ1) is 12.7. The molecule has 0 spiro atoms. The number of fused-ring (bicyclic) bond motifs is 1. The van der Waals surface area contributed by atoms with Gasteiger partial charge in [-0.15, -0.1) is 0 Å². The van der Waals surface area contributed by atoms with Gasteiger partial charge in [-0.1, -0.05) is 18.2 Å². The molecule has 2 N–H and O–H groups in total. The lowest BCUT2D eigenvalue weighted by atomic mass is 10.1. The van der Waals surface area contributed by atoms with Gasteiger partial charge >= 0.3 is 0 Å². The Morgan fingerprint density at radius 2 is 1.92 bits per heavy atom. The lowest BCUT2D eigenvalue weighted by Crippen LogP contribution is -2.22. The number of methoxy groups -OCH3 is 2. The van der Waals surface area contributed by atoms with E-state index in [0.29, 0.717) is 13.0 Å². The van der Waals surface area contributed by atoms with Crippen molar-refractivity contribution in [1.82, 2.24) is 10.3 Å². The Balaban J connectivity index is 1.50. The molecule has 0 bridgehead atoms. The van der Waals surface area contributed by atoms with E-state index in [9.17, 15) is 4.79 Å². The number of aromatic amines is 1. The molecule has 0 unspecified atom stereocenters. The Hall–Kier alpha value is -2.95. The number of hydrogen-bond donors (Lipinski definition) is 2. The highest BCUT2D eigenvalue weighted by molar-refractivity contribution is 5.83. The monoisotopic (exact) mass is 352 g/mol. The molecule has 5 heteroatoms. The lowest BCUT2D eigenvalue weighted by Gasteiger charge is -2.11. The number of para-hydroxylation sites is 1. The van der Waals surface area contributed by atoms with Crippen LogP contribution in [0.15, 0.2) is 48.7 Å². The Kier molecular flexibility index (Phi) is 5.79. The zero-order valence-electron chi connectivity index (χ0n) is 15.2. The molecule has 0 aliphatic heterocycles. The van der Waals surface area contributed by atoms with Crippen LogP contribution in [-0.2, 0) is 17.8 Å². The Labute approximate surface area is 153 Å². The normalized spacial score (nSPS) is 10.7. The summed E-state index contributed by atoms with van der Waals surface area (Å²) < 4.78 is 10.6. The standard InChI is InChI=1S/C21H24N2O3/c1-25-17-10-11-20(26-2)16(12-17)14-23-21(24)9-5-6-15-13-22-19-8-4-3-7-18(15)19/h3-4,7-8,10-13,22H,5-6,9,14H2,1-2H3,(H,23,24). The van der Waals surface area contributed by atoms with Crippen molar-refractivity contribution in [2.45, 2.75) is 25.8 Å². The summed E-state index contributed by atoms with van der Waals surface area (Å²) in [5.41, 5.74) is 3.29. The first kappa shape index (κ1) is 17.9. The second kappa shape index (κ2) is 8.43. The molecule has 26 heavy (non-hydrogen) atoms. The number of H-pyrrole nitrogens is 1. The summed E-state index contributed by atoms with van der Waals surface area (Å²) >= 11 is 0. The molecule has 0 radical (unpaired) electrons. The van der Waals surface area contributed by atoms with Crippen LogP contribution in [0.25, 0.3) is 10.9 Å². The predicted molar refractivity (Wildman–Crippen MR) is 103 cm³/mol. The van der Waals surface area contributed by atoms with Crippen LogP contribution < -0.4 is 14.8 Å². The maximum Gasteiger partial charge on any atom is 0.220 e. The molecule has 3 rings (SSSR count). The van der Waals surface area contributed by atoms with Crippen molar-refractivity contribution in [2.24, 2.45) is 0 Å². The molecule has 0 fully saturated rings. The van der Waals surface area contributed by atoms with Gasteiger partial charge in [-0.25, -0.2) is 0 Å². The summed E-state index contributed by atoms with van der Waals surface area (Å²) in [6.07, 6.45) is 4.21. The zero-order valence-corrected chi connectivity index (χ0v) is 15.2. The van der Waals surface area contributed by atoms with Crippen LogP contribution in [-0.4, -0.2) is 25.1 Å². The van der Waals surface area contributed by atoms with E-state index in [1.165, 1.54) is 10.9 Å². The number of carbonyl (C=O) groups is 1. The van der Waals surface area contributed by atoms with Crippen LogP contribution in [0.1, 0.15) is 24.0 Å². The molecule has 1 aromatic heterocycles. The van der Waals surface area contributed by atoms with Gasteiger partial charge in [0.25, 0.3) is 0 Å². The molecule has 0 aliphatic rings. The van der Waals surface area contributed by atoms with Crippen molar-refractivity contribution < 1.29 is 14.3 Å². The van der Waals surface area contributed by atoms with Gasteiger partial charge in [-0.05, 0) is 42.7 Å². The van der Waals surface area contributed by atoms with E-state index in [-0.39, 0.29) is 5.91 Å². The third-order valence-corrected chi connectivity index (χ3v) is 4.49. The van der Waals surface area contributed by atoms with Crippen LogP contribution in [0.5, 0.6) is 11.5 Å². The summed E-state index contributed by atoms with van der Waals surface area (Å²) in [5.74, 6) is 1.52. The first-order valence-electron chi connectivity index (χ1n) is 8.74. The van der Waals surface area contributed by atoms with E-state index in [2.05, 4.69) is 22.4 Å². The Bertz CT molecular complexity index is 886. The predicted octanol–water partition coefficient (Wildman–Crippen LogP) is 3.82. The maximum absolute atomic E-state index is 12.2. The van der Waals surface area contributed by atoms with Gasteiger partial charge in [0, 0.05) is 35.6 Å². The number of benzene rings is 2. The van der Waals surface area contributed by atoms with Gasteiger partial charge in [0.15, 0.2) is 0 Å². The van der Waals surface area contributed by atoms with Gasteiger partial charge in [0.2, 0.25) is 5.91 Å². The van der Waals surface area contributed by atoms with Gasteiger partial charge in [-0.2, -0.15) is 0 Å². The average molecular weight is 352 g/mol. The number of amides is 1. The maximum atomic E-state index is 12.2. The molecule has 0 atom stereocenters. The van der Waals surface area contributed by atoms with E-state index >= 15 is 0 Å². The third-order valence-electron chi connectivity index (χ3n) is 4.49. The molecule has 1 amide bonds. The van der Waals surface area contributed by atoms with E-state index in [1.807, 2.05) is 36.5 Å². The molecule has 136 valence electrons. The highest BCUT2D eigenvalue weighted by Crippen LogP contribution is 2.24. The second-order valence-corrected chi connectivity index (χ2v) is 6.17. The summed E-state index contributed by atoms with van der Waals surface area (Å²) in [7, 11) is 3.24. The summed E-state index contributed by atoms with van der Waals surface area (Å²) in [6.45, 7) is 0.423. The minimum Gasteiger partial charge on any atom is -0.497 e. The number of aryl methyl sites for hydroxylation is 1. The first-order valence-corrected chi connectivity index (χ1v) is 8.74. The fourth-order valence-electron chi connectivity index (χ4n) is 3.08. The summed E-state index contributed by atoms with van der Waals surface area (Å²) in [5, 5.41) is 4.19. The largest absolute Gasteiger partial charge is 0.497 e. The number of ether oxygens (including phenoxy) is 2. The van der Waals surface area contributed by atoms with Gasteiger partial charge in [0.05, 0.1) is 14.2 Å². The van der Waals surface area contributed by atoms with Crippen LogP contribution in [0.3, 0.4) is 0 Å². The third kappa shape index (κ3) is 4.17. The van der Waals surface area contributed by atoms with Gasteiger partial charge in [-0.3, -0.25) is 4.79 Å². The molecule has 5 nitrogen and oxygen atoms in total.